The Balaban J connectivity index is 2.26. The smallest absolute Gasteiger partial charge is 0.258 e. The zero-order valence-electron chi connectivity index (χ0n) is 11.1. The van der Waals surface area contributed by atoms with E-state index < -0.39 is 5.60 Å². The molecule has 1 aliphatic heterocycles. The number of benzene rings is 1. The van der Waals surface area contributed by atoms with Gasteiger partial charge < -0.3 is 10.0 Å². The van der Waals surface area contributed by atoms with Crippen LogP contribution in [0.1, 0.15) is 25.8 Å². The lowest BCUT2D eigenvalue weighted by Gasteiger charge is -2.26. The fourth-order valence-corrected chi connectivity index (χ4v) is 3.10. The molecule has 0 fully saturated rings. The van der Waals surface area contributed by atoms with Crippen LogP contribution in [0.5, 0.6) is 0 Å². The van der Waals surface area contributed by atoms with Crippen molar-refractivity contribution in [1.82, 2.24) is 0 Å². The van der Waals surface area contributed by atoms with E-state index in [0.29, 0.717) is 0 Å². The highest BCUT2D eigenvalue weighted by Gasteiger charge is 2.28. The van der Waals surface area contributed by atoms with Gasteiger partial charge in [0.2, 0.25) is 0 Å². The summed E-state index contributed by atoms with van der Waals surface area (Å²) in [4.78, 5) is 14.8. The van der Waals surface area contributed by atoms with Crippen LogP contribution >= 0.6 is 11.8 Å². The fourth-order valence-electron chi connectivity index (χ4n) is 2.08. The quantitative estimate of drug-likeness (QED) is 0.893. The predicted molar refractivity (Wildman–Crippen MR) is 75.2 cm³/mol. The van der Waals surface area contributed by atoms with Gasteiger partial charge in [-0.15, -0.1) is 11.8 Å². The molecular weight excluding hydrogens is 246 g/mol. The zero-order chi connectivity index (χ0) is 13.3. The third-order valence-electron chi connectivity index (χ3n) is 3.11. The van der Waals surface area contributed by atoms with E-state index >= 15 is 0 Å². The molecule has 0 atom stereocenters. The summed E-state index contributed by atoms with van der Waals surface area (Å²) < 4.78 is 0. The molecule has 18 heavy (non-hydrogen) atoms. The average Bonchev–Trinajstić information content (AvgIpc) is 2.35. The molecule has 1 heterocycles. The summed E-state index contributed by atoms with van der Waals surface area (Å²) in [6.45, 7) is 3.03. The third kappa shape index (κ3) is 2.70. The summed E-state index contributed by atoms with van der Waals surface area (Å²) in [5, 5.41) is 9.76. The maximum Gasteiger partial charge on any atom is 0.258 e. The molecule has 1 aromatic rings. The summed E-state index contributed by atoms with van der Waals surface area (Å²) in [5.41, 5.74) is 0.821. The van der Waals surface area contributed by atoms with Crippen LogP contribution in [-0.4, -0.2) is 29.4 Å². The van der Waals surface area contributed by atoms with Crippen LogP contribution in [-0.2, 0) is 11.2 Å². The molecule has 1 N–H and O–H groups in total. The number of rotatable bonds is 2. The van der Waals surface area contributed by atoms with E-state index in [-0.39, 0.29) is 5.91 Å². The van der Waals surface area contributed by atoms with Crippen LogP contribution in [0.4, 0.5) is 5.69 Å². The lowest BCUT2D eigenvalue weighted by molar-refractivity contribution is -0.133. The highest BCUT2D eigenvalue weighted by molar-refractivity contribution is 7.99. The Morgan fingerprint density at radius 2 is 2.17 bits per heavy atom. The van der Waals surface area contributed by atoms with Gasteiger partial charge in [0.25, 0.3) is 5.91 Å². The first kappa shape index (κ1) is 13.4. The van der Waals surface area contributed by atoms with Crippen molar-refractivity contribution in [2.24, 2.45) is 0 Å². The average molecular weight is 265 g/mol. The lowest BCUT2D eigenvalue weighted by Crippen LogP contribution is -2.43. The van der Waals surface area contributed by atoms with Gasteiger partial charge in [-0.25, -0.2) is 0 Å². The van der Waals surface area contributed by atoms with E-state index in [1.807, 2.05) is 17.8 Å². The summed E-state index contributed by atoms with van der Waals surface area (Å²) in [7, 11) is 1.71. The van der Waals surface area contributed by atoms with Crippen molar-refractivity contribution >= 4 is 23.4 Å². The molecule has 0 spiro atoms. The number of fused-ring (bicyclic) bond motifs is 1. The number of nitrogens with zero attached hydrogens (tertiary/aromatic N) is 1. The van der Waals surface area contributed by atoms with Gasteiger partial charge in [-0.05, 0) is 56.2 Å². The van der Waals surface area contributed by atoms with Crippen molar-refractivity contribution in [3.05, 3.63) is 23.8 Å². The molecule has 0 bridgehead atoms. The Hall–Kier alpha value is -1.00. The van der Waals surface area contributed by atoms with Gasteiger partial charge in [0.15, 0.2) is 0 Å². The largest absolute Gasteiger partial charge is 0.381 e. The lowest BCUT2D eigenvalue weighted by atomic mass is 10.1. The molecule has 1 aliphatic rings. The van der Waals surface area contributed by atoms with Crippen molar-refractivity contribution in [3.8, 4) is 0 Å². The predicted octanol–water partition coefficient (Wildman–Crippen LogP) is 2.46. The van der Waals surface area contributed by atoms with Gasteiger partial charge in [-0.2, -0.15) is 0 Å². The Morgan fingerprint density at radius 1 is 1.44 bits per heavy atom. The number of carbonyl (C=O) groups excluding carboxylic acids is 1. The number of amides is 1. The van der Waals surface area contributed by atoms with E-state index in [4.69, 9.17) is 0 Å². The maximum absolute atomic E-state index is 12.0. The van der Waals surface area contributed by atoms with E-state index in [1.165, 1.54) is 41.4 Å². The normalized spacial score (nSPS) is 15.1. The molecule has 4 heteroatoms. The van der Waals surface area contributed by atoms with Crippen LogP contribution in [0.2, 0.25) is 0 Å². The van der Waals surface area contributed by atoms with Crippen LogP contribution in [0.15, 0.2) is 23.1 Å². The Bertz CT molecular complexity index is 465. The second-order valence-electron chi connectivity index (χ2n) is 5.17. The van der Waals surface area contributed by atoms with Crippen LogP contribution in [0.25, 0.3) is 0 Å². The fraction of sp³-hybridized carbons (Fsp3) is 0.500. The standard InChI is InChI=1S/C14H19NO2S/c1-14(2,17)13(16)15(3)11-6-7-12-10(9-11)5-4-8-18-12/h6-7,9,17H,4-5,8H2,1-3H3. The zero-order valence-corrected chi connectivity index (χ0v) is 11.9. The number of aliphatic hydroxyl groups is 1. The molecule has 98 valence electrons. The number of thioether (sulfide) groups is 1. The van der Waals surface area contributed by atoms with E-state index in [1.54, 1.807) is 7.05 Å². The number of anilines is 1. The highest BCUT2D eigenvalue weighted by atomic mass is 32.2. The summed E-state index contributed by atoms with van der Waals surface area (Å²) >= 11 is 1.87. The monoisotopic (exact) mass is 265 g/mol. The first-order valence-corrected chi connectivity index (χ1v) is 7.14. The number of carbonyl (C=O) groups is 1. The molecule has 0 unspecified atom stereocenters. The van der Waals surface area contributed by atoms with Crippen molar-refractivity contribution in [1.29, 1.82) is 0 Å². The van der Waals surface area contributed by atoms with Crippen molar-refractivity contribution in [3.63, 3.8) is 0 Å². The molecule has 1 amide bonds. The number of aryl methyl sites for hydroxylation is 1. The third-order valence-corrected chi connectivity index (χ3v) is 4.31. The van der Waals surface area contributed by atoms with E-state index in [2.05, 4.69) is 12.1 Å². The van der Waals surface area contributed by atoms with Gasteiger partial charge in [0, 0.05) is 17.6 Å². The van der Waals surface area contributed by atoms with Gasteiger partial charge in [0.1, 0.15) is 5.60 Å². The summed E-state index contributed by atoms with van der Waals surface area (Å²) in [6.07, 6.45) is 2.25. The minimum absolute atomic E-state index is 0.286. The molecule has 3 nitrogen and oxygen atoms in total. The molecule has 0 saturated heterocycles. The second-order valence-corrected chi connectivity index (χ2v) is 6.30. The Morgan fingerprint density at radius 3 is 2.83 bits per heavy atom. The number of likely N-dealkylation sites (N-methyl/N-ethyl adjacent to an activating group) is 1. The molecule has 0 aromatic heterocycles. The Labute approximate surface area is 112 Å². The molecule has 0 saturated carbocycles. The first-order valence-electron chi connectivity index (χ1n) is 6.16. The van der Waals surface area contributed by atoms with Gasteiger partial charge in [0.05, 0.1) is 0 Å². The SMILES string of the molecule is CN(C(=O)C(C)(C)O)c1ccc2c(c1)CCCS2. The summed E-state index contributed by atoms with van der Waals surface area (Å²) in [5.74, 6) is 0.885. The topological polar surface area (TPSA) is 40.5 Å². The maximum atomic E-state index is 12.0. The van der Waals surface area contributed by atoms with Gasteiger partial charge in [-0.3, -0.25) is 4.79 Å². The minimum Gasteiger partial charge on any atom is -0.381 e. The van der Waals surface area contributed by atoms with Crippen LogP contribution in [0.3, 0.4) is 0 Å². The van der Waals surface area contributed by atoms with Gasteiger partial charge in [-0.1, -0.05) is 0 Å². The van der Waals surface area contributed by atoms with E-state index in [0.717, 1.165) is 12.1 Å². The molecule has 0 radical (unpaired) electrons. The first-order chi connectivity index (χ1) is 8.39. The molecule has 2 rings (SSSR count). The van der Waals surface area contributed by atoms with Crippen LogP contribution < -0.4 is 4.90 Å². The molecular formula is C14H19NO2S. The van der Waals surface area contributed by atoms with Crippen molar-refractivity contribution in [2.75, 3.05) is 17.7 Å². The molecule has 0 aliphatic carbocycles. The minimum atomic E-state index is -1.33. The van der Waals surface area contributed by atoms with Gasteiger partial charge >= 0.3 is 0 Å². The van der Waals surface area contributed by atoms with Crippen molar-refractivity contribution < 1.29 is 9.90 Å². The summed E-state index contributed by atoms with van der Waals surface area (Å²) in [6, 6.07) is 6.08. The van der Waals surface area contributed by atoms with Crippen LogP contribution in [0, 0.1) is 0 Å². The highest BCUT2D eigenvalue weighted by Crippen LogP contribution is 2.32. The molecule has 1 aromatic carbocycles. The number of hydrogen-bond donors (Lipinski definition) is 1. The Kier molecular flexibility index (Phi) is 3.69. The second kappa shape index (κ2) is 4.94. The number of hydrogen-bond acceptors (Lipinski definition) is 3. The van der Waals surface area contributed by atoms with Crippen molar-refractivity contribution in [2.45, 2.75) is 37.2 Å². The van der Waals surface area contributed by atoms with E-state index in [9.17, 15) is 9.90 Å².